The maximum atomic E-state index is 12.8. The monoisotopic (exact) mass is 239 g/mol. The van der Waals surface area contributed by atoms with E-state index in [0.717, 1.165) is 0 Å². The summed E-state index contributed by atoms with van der Waals surface area (Å²) in [6.07, 6.45) is -4.28. The Labute approximate surface area is 92.0 Å². The van der Waals surface area contributed by atoms with Gasteiger partial charge in [0.05, 0.1) is 0 Å². The average Bonchev–Trinajstić information content (AvgIpc) is 2.28. The maximum absolute atomic E-state index is 12.8. The van der Waals surface area contributed by atoms with Gasteiger partial charge in [-0.2, -0.15) is 13.2 Å². The molecule has 1 heterocycles. The van der Waals surface area contributed by atoms with Crippen LogP contribution < -0.4 is 11.1 Å². The molecule has 1 aliphatic rings. The van der Waals surface area contributed by atoms with Gasteiger partial charge in [-0.1, -0.05) is 0 Å². The van der Waals surface area contributed by atoms with Crippen LogP contribution in [-0.4, -0.2) is 48.7 Å². The van der Waals surface area contributed by atoms with E-state index in [2.05, 4.69) is 5.32 Å². The van der Waals surface area contributed by atoms with Gasteiger partial charge in [-0.25, -0.2) is 0 Å². The van der Waals surface area contributed by atoms with E-state index in [4.69, 9.17) is 5.73 Å². The molecule has 94 valence electrons. The predicted molar refractivity (Wildman–Crippen MR) is 52.7 cm³/mol. The van der Waals surface area contributed by atoms with Crippen molar-refractivity contribution < 1.29 is 18.0 Å². The highest BCUT2D eigenvalue weighted by Gasteiger charge is 2.45. The van der Waals surface area contributed by atoms with Crippen molar-refractivity contribution in [2.75, 3.05) is 19.6 Å². The predicted octanol–water partition coefficient (Wildman–Crippen LogP) is 0.0864. The minimum atomic E-state index is -4.36. The molecule has 0 aromatic heterocycles. The first-order valence-corrected chi connectivity index (χ1v) is 5.15. The van der Waals surface area contributed by atoms with E-state index in [1.807, 2.05) is 0 Å². The summed E-state index contributed by atoms with van der Waals surface area (Å²) in [4.78, 5) is 12.2. The number of halogens is 3. The first kappa shape index (κ1) is 13.2. The van der Waals surface area contributed by atoms with E-state index in [9.17, 15) is 18.0 Å². The molecule has 0 radical (unpaired) electrons. The summed E-state index contributed by atoms with van der Waals surface area (Å²) in [6.45, 7) is 1.84. The van der Waals surface area contributed by atoms with Crippen molar-refractivity contribution in [3.63, 3.8) is 0 Å². The maximum Gasteiger partial charge on any atom is 0.405 e. The standard InChI is InChI=1S/C9H16F3N3O/c1-6(13)8(9(10,11)12)15-4-2-7(16)14-3-5-15/h6,8H,2-5,13H2,1H3,(H,14,16). The van der Waals surface area contributed by atoms with Crippen LogP contribution in [0.5, 0.6) is 0 Å². The number of nitrogens with zero attached hydrogens (tertiary/aromatic N) is 1. The van der Waals surface area contributed by atoms with Crippen molar-refractivity contribution in [2.24, 2.45) is 5.73 Å². The molecule has 3 N–H and O–H groups in total. The summed E-state index contributed by atoms with van der Waals surface area (Å²) >= 11 is 0. The Hall–Kier alpha value is -0.820. The Morgan fingerprint density at radius 1 is 1.44 bits per heavy atom. The fourth-order valence-electron chi connectivity index (χ4n) is 1.90. The molecule has 0 saturated carbocycles. The number of hydrogen-bond acceptors (Lipinski definition) is 3. The van der Waals surface area contributed by atoms with E-state index in [-0.39, 0.29) is 32.0 Å². The van der Waals surface area contributed by atoms with E-state index >= 15 is 0 Å². The van der Waals surface area contributed by atoms with Gasteiger partial charge >= 0.3 is 6.18 Å². The van der Waals surface area contributed by atoms with Crippen LogP contribution in [0.2, 0.25) is 0 Å². The van der Waals surface area contributed by atoms with Crippen molar-refractivity contribution >= 4 is 5.91 Å². The Morgan fingerprint density at radius 2 is 2.06 bits per heavy atom. The molecule has 0 aromatic rings. The minimum absolute atomic E-state index is 0.0826. The summed E-state index contributed by atoms with van der Waals surface area (Å²) in [7, 11) is 0. The van der Waals surface area contributed by atoms with Gasteiger partial charge in [0.2, 0.25) is 5.91 Å². The van der Waals surface area contributed by atoms with E-state index in [1.165, 1.54) is 11.8 Å². The topological polar surface area (TPSA) is 58.4 Å². The highest BCUT2D eigenvalue weighted by Crippen LogP contribution is 2.27. The van der Waals surface area contributed by atoms with Crippen molar-refractivity contribution in [2.45, 2.75) is 31.6 Å². The van der Waals surface area contributed by atoms with Crippen molar-refractivity contribution in [3.8, 4) is 0 Å². The second-order valence-corrected chi connectivity index (χ2v) is 3.98. The number of hydrogen-bond donors (Lipinski definition) is 2. The van der Waals surface area contributed by atoms with E-state index in [0.29, 0.717) is 0 Å². The normalized spacial score (nSPS) is 23.4. The molecule has 1 amide bonds. The van der Waals surface area contributed by atoms with Crippen LogP contribution in [0, 0.1) is 0 Å². The third-order valence-corrected chi connectivity index (χ3v) is 2.57. The van der Waals surface area contributed by atoms with Crippen LogP contribution in [0.15, 0.2) is 0 Å². The van der Waals surface area contributed by atoms with Crippen molar-refractivity contribution in [1.82, 2.24) is 10.2 Å². The molecular weight excluding hydrogens is 223 g/mol. The molecule has 16 heavy (non-hydrogen) atoms. The SMILES string of the molecule is CC(N)C(N1CCNC(=O)CC1)C(F)(F)F. The van der Waals surface area contributed by atoms with Crippen LogP contribution in [-0.2, 0) is 4.79 Å². The molecule has 0 aromatic carbocycles. The van der Waals surface area contributed by atoms with Crippen molar-refractivity contribution in [3.05, 3.63) is 0 Å². The van der Waals surface area contributed by atoms with Gasteiger partial charge in [0.25, 0.3) is 0 Å². The van der Waals surface area contributed by atoms with Gasteiger partial charge in [-0.15, -0.1) is 0 Å². The molecule has 0 aliphatic carbocycles. The van der Waals surface area contributed by atoms with Gasteiger partial charge in [-0.3, -0.25) is 9.69 Å². The summed E-state index contributed by atoms with van der Waals surface area (Å²) < 4.78 is 38.3. The number of carbonyl (C=O) groups is 1. The van der Waals surface area contributed by atoms with Crippen LogP contribution in [0.3, 0.4) is 0 Å². The third kappa shape index (κ3) is 3.34. The van der Waals surface area contributed by atoms with Gasteiger partial charge in [0.15, 0.2) is 0 Å². The molecule has 7 heteroatoms. The van der Waals surface area contributed by atoms with E-state index in [1.54, 1.807) is 0 Å². The summed E-state index contributed by atoms with van der Waals surface area (Å²) in [5.41, 5.74) is 5.37. The van der Waals surface area contributed by atoms with Crippen molar-refractivity contribution in [1.29, 1.82) is 0 Å². The Balaban J connectivity index is 2.74. The largest absolute Gasteiger partial charge is 0.405 e. The number of rotatable bonds is 2. The average molecular weight is 239 g/mol. The summed E-state index contributed by atoms with van der Waals surface area (Å²) in [5, 5.41) is 2.53. The molecule has 4 nitrogen and oxygen atoms in total. The zero-order valence-electron chi connectivity index (χ0n) is 9.05. The molecule has 1 fully saturated rings. The smallest absolute Gasteiger partial charge is 0.355 e. The van der Waals surface area contributed by atoms with Crippen LogP contribution in [0.25, 0.3) is 0 Å². The lowest BCUT2D eigenvalue weighted by atomic mass is 10.1. The second kappa shape index (κ2) is 5.01. The Morgan fingerprint density at radius 3 is 2.56 bits per heavy atom. The van der Waals surface area contributed by atoms with Crippen LogP contribution in [0.4, 0.5) is 13.2 Å². The highest BCUT2D eigenvalue weighted by molar-refractivity contribution is 5.76. The first-order chi connectivity index (χ1) is 7.32. The minimum Gasteiger partial charge on any atom is -0.355 e. The first-order valence-electron chi connectivity index (χ1n) is 5.15. The zero-order valence-corrected chi connectivity index (χ0v) is 9.05. The molecule has 1 aliphatic heterocycles. The van der Waals surface area contributed by atoms with Crippen LogP contribution >= 0.6 is 0 Å². The summed E-state index contributed by atoms with van der Waals surface area (Å²) in [5.74, 6) is -0.215. The Bertz CT molecular complexity index is 255. The molecule has 2 atom stereocenters. The van der Waals surface area contributed by atoms with Gasteiger partial charge in [-0.05, 0) is 6.92 Å². The molecule has 0 bridgehead atoms. The number of nitrogens with one attached hydrogen (secondary N) is 1. The van der Waals surface area contributed by atoms with E-state index < -0.39 is 18.3 Å². The molecule has 2 unspecified atom stereocenters. The third-order valence-electron chi connectivity index (χ3n) is 2.57. The fourth-order valence-corrected chi connectivity index (χ4v) is 1.90. The Kier molecular flexibility index (Phi) is 4.15. The lowest BCUT2D eigenvalue weighted by molar-refractivity contribution is -0.187. The number of nitrogens with two attached hydrogens (primary N) is 1. The molecule has 0 spiro atoms. The molecule has 1 saturated heterocycles. The quantitative estimate of drug-likeness (QED) is 0.718. The second-order valence-electron chi connectivity index (χ2n) is 3.98. The van der Waals surface area contributed by atoms with Gasteiger partial charge in [0.1, 0.15) is 6.04 Å². The number of alkyl halides is 3. The van der Waals surface area contributed by atoms with Crippen LogP contribution in [0.1, 0.15) is 13.3 Å². The van der Waals surface area contributed by atoms with Gasteiger partial charge < -0.3 is 11.1 Å². The lowest BCUT2D eigenvalue weighted by Crippen LogP contribution is -2.55. The molecule has 1 rings (SSSR count). The number of amides is 1. The lowest BCUT2D eigenvalue weighted by Gasteiger charge is -2.34. The molecular formula is C9H16F3N3O. The summed E-state index contributed by atoms with van der Waals surface area (Å²) in [6, 6.07) is -2.69. The number of carbonyl (C=O) groups excluding carboxylic acids is 1. The fraction of sp³-hybridized carbons (Fsp3) is 0.889. The zero-order chi connectivity index (χ0) is 12.3. The van der Waals surface area contributed by atoms with Gasteiger partial charge in [0, 0.05) is 32.1 Å². The highest BCUT2D eigenvalue weighted by atomic mass is 19.4.